The number of nitrogens with one attached hydrogen (secondary N) is 1. The van der Waals surface area contributed by atoms with Crippen molar-refractivity contribution in [2.24, 2.45) is 0 Å². The van der Waals surface area contributed by atoms with Gasteiger partial charge in [-0.2, -0.15) is 11.8 Å². The molecule has 3 aromatic rings. The molecule has 0 aliphatic heterocycles. The predicted octanol–water partition coefficient (Wildman–Crippen LogP) is 5.42. The quantitative estimate of drug-likeness (QED) is 0.343. The Bertz CT molecular complexity index is 1220. The van der Waals surface area contributed by atoms with Gasteiger partial charge in [0.1, 0.15) is 12.4 Å². The first-order valence-electron chi connectivity index (χ1n) is 10.7. The van der Waals surface area contributed by atoms with Gasteiger partial charge in [-0.05, 0) is 66.6 Å². The molecule has 5 nitrogen and oxygen atoms in total. The number of aryl methyl sites for hydroxylation is 1. The van der Waals surface area contributed by atoms with Gasteiger partial charge in [0.2, 0.25) is 5.91 Å². The monoisotopic (exact) mass is 520 g/mol. The molecular formula is C25H26ClFN2O3S2. The number of hydrogen-bond acceptors (Lipinski definition) is 4. The van der Waals surface area contributed by atoms with Crippen LogP contribution in [0.2, 0.25) is 5.02 Å². The smallest absolute Gasteiger partial charge is 0.264 e. The van der Waals surface area contributed by atoms with Crippen molar-refractivity contribution < 1.29 is 17.6 Å². The van der Waals surface area contributed by atoms with Crippen LogP contribution in [0.25, 0.3) is 0 Å². The molecule has 34 heavy (non-hydrogen) atoms. The first kappa shape index (κ1) is 26.1. The number of anilines is 1. The third-order valence-electron chi connectivity index (χ3n) is 5.05. The second-order valence-electron chi connectivity index (χ2n) is 7.60. The number of benzene rings is 3. The van der Waals surface area contributed by atoms with E-state index in [0.29, 0.717) is 40.6 Å². The van der Waals surface area contributed by atoms with Crippen molar-refractivity contribution in [2.75, 3.05) is 23.1 Å². The molecule has 0 aromatic heterocycles. The fourth-order valence-corrected chi connectivity index (χ4v) is 5.98. The lowest BCUT2D eigenvalue weighted by atomic mass is 10.2. The minimum atomic E-state index is -3.97. The van der Waals surface area contributed by atoms with Gasteiger partial charge in [0.05, 0.1) is 10.6 Å². The second-order valence-corrected chi connectivity index (χ2v) is 11.0. The molecule has 0 saturated carbocycles. The topological polar surface area (TPSA) is 66.5 Å². The zero-order valence-electron chi connectivity index (χ0n) is 18.7. The summed E-state index contributed by atoms with van der Waals surface area (Å²) in [4.78, 5) is 12.8. The Balaban J connectivity index is 1.61. The van der Waals surface area contributed by atoms with Crippen LogP contribution < -0.4 is 9.62 Å². The van der Waals surface area contributed by atoms with E-state index in [9.17, 15) is 17.6 Å². The summed E-state index contributed by atoms with van der Waals surface area (Å²) in [6.45, 7) is 1.78. The maximum Gasteiger partial charge on any atom is 0.264 e. The average Bonchev–Trinajstić information content (AvgIpc) is 2.82. The van der Waals surface area contributed by atoms with Crippen molar-refractivity contribution in [3.05, 3.63) is 94.8 Å². The van der Waals surface area contributed by atoms with Crippen LogP contribution in [0.5, 0.6) is 0 Å². The zero-order valence-corrected chi connectivity index (χ0v) is 21.1. The lowest BCUT2D eigenvalue weighted by Gasteiger charge is -2.25. The molecule has 1 N–H and O–H groups in total. The number of nitrogens with zero attached hydrogens (tertiary/aromatic N) is 1. The summed E-state index contributed by atoms with van der Waals surface area (Å²) in [6.07, 6.45) is 0.677. The summed E-state index contributed by atoms with van der Waals surface area (Å²) in [5, 5.41) is 3.27. The molecule has 180 valence electrons. The van der Waals surface area contributed by atoms with Crippen molar-refractivity contribution in [1.82, 2.24) is 5.32 Å². The van der Waals surface area contributed by atoms with Gasteiger partial charge in [-0.15, -0.1) is 0 Å². The largest absolute Gasteiger partial charge is 0.354 e. The number of thioether (sulfide) groups is 1. The Morgan fingerprint density at radius 1 is 1.06 bits per heavy atom. The van der Waals surface area contributed by atoms with E-state index in [0.717, 1.165) is 10.1 Å². The Morgan fingerprint density at radius 2 is 1.76 bits per heavy atom. The lowest BCUT2D eigenvalue weighted by Crippen LogP contribution is -2.41. The van der Waals surface area contributed by atoms with Crippen LogP contribution in [0.15, 0.2) is 77.7 Å². The van der Waals surface area contributed by atoms with Gasteiger partial charge in [0.15, 0.2) is 0 Å². The minimum absolute atomic E-state index is 0.0988. The third-order valence-corrected chi connectivity index (χ3v) is 8.15. The highest BCUT2D eigenvalue weighted by Gasteiger charge is 2.28. The van der Waals surface area contributed by atoms with Crippen molar-refractivity contribution in [1.29, 1.82) is 0 Å². The van der Waals surface area contributed by atoms with E-state index in [1.807, 2.05) is 0 Å². The minimum Gasteiger partial charge on any atom is -0.354 e. The summed E-state index contributed by atoms with van der Waals surface area (Å²) in [5.74, 6) is 0.657. The zero-order chi connectivity index (χ0) is 24.6. The van der Waals surface area contributed by atoms with Gasteiger partial charge in [-0.3, -0.25) is 9.10 Å². The number of rotatable bonds is 11. The van der Waals surface area contributed by atoms with Gasteiger partial charge < -0.3 is 5.32 Å². The van der Waals surface area contributed by atoms with Crippen LogP contribution in [-0.2, 0) is 20.6 Å². The van der Waals surface area contributed by atoms with Crippen LogP contribution in [0.3, 0.4) is 0 Å². The molecule has 0 saturated heterocycles. The van der Waals surface area contributed by atoms with E-state index in [1.165, 1.54) is 18.2 Å². The van der Waals surface area contributed by atoms with Crippen LogP contribution >= 0.6 is 23.4 Å². The fourth-order valence-electron chi connectivity index (χ4n) is 3.30. The third kappa shape index (κ3) is 6.98. The van der Waals surface area contributed by atoms with E-state index in [1.54, 1.807) is 73.3 Å². The molecule has 0 aliphatic rings. The van der Waals surface area contributed by atoms with Crippen LogP contribution in [0.4, 0.5) is 10.1 Å². The Morgan fingerprint density at radius 3 is 2.47 bits per heavy atom. The molecule has 9 heteroatoms. The van der Waals surface area contributed by atoms with Crippen LogP contribution in [-0.4, -0.2) is 33.2 Å². The first-order chi connectivity index (χ1) is 16.3. The molecule has 3 aromatic carbocycles. The van der Waals surface area contributed by atoms with E-state index >= 15 is 0 Å². The number of hydrogen-bond donors (Lipinski definition) is 1. The fraction of sp³-hybridized carbons (Fsp3) is 0.240. The molecule has 0 atom stereocenters. The van der Waals surface area contributed by atoms with Gasteiger partial charge in [0.25, 0.3) is 10.0 Å². The van der Waals surface area contributed by atoms with Crippen molar-refractivity contribution in [3.63, 3.8) is 0 Å². The maximum absolute atomic E-state index is 13.7. The molecule has 0 unspecified atom stereocenters. The van der Waals surface area contributed by atoms with Gasteiger partial charge in [0, 0.05) is 17.3 Å². The van der Waals surface area contributed by atoms with Gasteiger partial charge in [-0.1, -0.05) is 48.0 Å². The molecule has 0 aliphatic carbocycles. The highest BCUT2D eigenvalue weighted by molar-refractivity contribution is 7.98. The first-order valence-corrected chi connectivity index (χ1v) is 13.7. The van der Waals surface area contributed by atoms with Crippen molar-refractivity contribution >= 4 is 45.0 Å². The van der Waals surface area contributed by atoms with E-state index in [4.69, 9.17) is 11.6 Å². The number of sulfonamides is 1. The maximum atomic E-state index is 13.7. The molecule has 1 amide bonds. The summed E-state index contributed by atoms with van der Waals surface area (Å²) in [5.41, 5.74) is 1.69. The highest BCUT2D eigenvalue weighted by atomic mass is 35.5. The normalized spacial score (nSPS) is 11.3. The lowest BCUT2D eigenvalue weighted by molar-refractivity contribution is -0.119. The Labute approximate surface area is 209 Å². The molecular weight excluding hydrogens is 495 g/mol. The molecule has 3 rings (SSSR count). The number of amides is 1. The molecule has 0 heterocycles. The Kier molecular flexibility index (Phi) is 9.38. The molecule has 0 radical (unpaired) electrons. The number of carbonyl (C=O) groups excluding carboxylic acids is 1. The van der Waals surface area contributed by atoms with E-state index < -0.39 is 15.9 Å². The van der Waals surface area contributed by atoms with Gasteiger partial charge >= 0.3 is 0 Å². The predicted molar refractivity (Wildman–Crippen MR) is 137 cm³/mol. The van der Waals surface area contributed by atoms with Crippen LogP contribution in [0, 0.1) is 12.7 Å². The molecule has 0 spiro atoms. The number of carbonyl (C=O) groups is 1. The summed E-state index contributed by atoms with van der Waals surface area (Å²) in [6, 6.07) is 19.5. The van der Waals surface area contributed by atoms with Crippen molar-refractivity contribution in [3.8, 4) is 0 Å². The van der Waals surface area contributed by atoms with E-state index in [2.05, 4.69) is 5.32 Å². The molecule has 0 fully saturated rings. The number of halogens is 2. The summed E-state index contributed by atoms with van der Waals surface area (Å²) < 4.78 is 41.5. The second kappa shape index (κ2) is 12.2. The van der Waals surface area contributed by atoms with Crippen molar-refractivity contribution in [2.45, 2.75) is 24.0 Å². The highest BCUT2D eigenvalue weighted by Crippen LogP contribution is 2.28. The summed E-state index contributed by atoms with van der Waals surface area (Å²) in [7, 11) is -3.97. The Hall–Kier alpha value is -2.55. The van der Waals surface area contributed by atoms with Crippen LogP contribution in [0.1, 0.15) is 17.5 Å². The average molecular weight is 521 g/mol. The van der Waals surface area contributed by atoms with E-state index in [-0.39, 0.29) is 17.3 Å². The molecule has 0 bridgehead atoms. The summed E-state index contributed by atoms with van der Waals surface area (Å²) >= 11 is 7.62. The standard InChI is InChI=1S/C25H26ClFN2O3S2/c1-19-16-21(26)12-13-24(19)29(34(31,32)22-9-3-2-4-10-22)17-25(30)28-14-7-15-33-18-20-8-5-6-11-23(20)27/h2-6,8-13,16H,7,14-15,17-18H2,1H3,(H,28,30). The SMILES string of the molecule is Cc1cc(Cl)ccc1N(CC(=O)NCCCSCc1ccccc1F)S(=O)(=O)c1ccccc1. The van der Waals surface area contributed by atoms with Gasteiger partial charge in [-0.25, -0.2) is 12.8 Å².